The smallest absolute Gasteiger partial charge is 0.343 e. The lowest BCUT2D eigenvalue weighted by Gasteiger charge is -2.15. The number of rotatable bonds is 6. The quantitative estimate of drug-likeness (QED) is 0.621. The molecule has 0 aliphatic rings. The molecular weight excluding hydrogens is 387 g/mol. The van der Waals surface area contributed by atoms with Crippen LogP contribution in [0.3, 0.4) is 0 Å². The monoisotopic (exact) mass is 402 g/mol. The van der Waals surface area contributed by atoms with Crippen LogP contribution >= 0.6 is 11.6 Å². The van der Waals surface area contributed by atoms with Gasteiger partial charge in [0.05, 0.1) is 6.57 Å². The molecule has 1 heterocycles. The van der Waals surface area contributed by atoms with Gasteiger partial charge in [-0.25, -0.2) is 19.1 Å². The molecule has 0 aliphatic carbocycles. The summed E-state index contributed by atoms with van der Waals surface area (Å²) in [4.78, 5) is 14.8. The highest BCUT2D eigenvalue weighted by Crippen LogP contribution is 2.38. The van der Waals surface area contributed by atoms with Crippen LogP contribution in [0.5, 0.6) is 17.2 Å². The van der Waals surface area contributed by atoms with Crippen LogP contribution < -0.4 is 15.2 Å². The summed E-state index contributed by atoms with van der Waals surface area (Å²) in [7, 11) is 1.54. The molecule has 1 aromatic heterocycles. The number of benzene rings is 2. The lowest BCUT2D eigenvalue weighted by atomic mass is 10.1. The van der Waals surface area contributed by atoms with Crippen LogP contribution in [0.15, 0.2) is 35.1 Å². The lowest BCUT2D eigenvalue weighted by molar-refractivity contribution is 0.273. The average Bonchev–Trinajstić information content (AvgIpc) is 3.00. The third-order valence-corrected chi connectivity index (χ3v) is 4.27. The topological polar surface area (TPSA) is 73.5 Å². The Labute approximate surface area is 165 Å². The van der Waals surface area contributed by atoms with E-state index in [-0.39, 0.29) is 35.2 Å². The van der Waals surface area contributed by atoms with Gasteiger partial charge in [0.2, 0.25) is 5.75 Å². The Morgan fingerprint density at radius 1 is 1.36 bits per heavy atom. The van der Waals surface area contributed by atoms with Crippen molar-refractivity contribution < 1.29 is 13.9 Å². The summed E-state index contributed by atoms with van der Waals surface area (Å²) >= 11 is 6.00. The summed E-state index contributed by atoms with van der Waals surface area (Å²) in [6.07, 6.45) is 0.458. The van der Waals surface area contributed by atoms with Gasteiger partial charge in [-0.05, 0) is 36.2 Å². The van der Waals surface area contributed by atoms with E-state index in [9.17, 15) is 9.18 Å². The molecule has 0 radical (unpaired) electrons. The minimum Gasteiger partial charge on any atom is -0.482 e. The number of ether oxygens (including phenoxy) is 2. The number of hydrogen-bond donors (Lipinski definition) is 1. The number of nitrogens with zero attached hydrogens (tertiary/aromatic N) is 3. The third-order valence-electron chi connectivity index (χ3n) is 4.06. The fraction of sp³-hybridized carbons (Fsp3) is 0.211. The van der Waals surface area contributed by atoms with Crippen molar-refractivity contribution in [3.05, 3.63) is 74.5 Å². The van der Waals surface area contributed by atoms with Gasteiger partial charge in [0, 0.05) is 12.1 Å². The zero-order chi connectivity index (χ0) is 20.3. The molecule has 0 atom stereocenters. The Bertz CT molecular complexity index is 1120. The molecule has 1 N–H and O–H groups in total. The highest BCUT2D eigenvalue weighted by Gasteiger charge is 2.18. The maximum absolute atomic E-state index is 14.9. The molecule has 0 aliphatic heterocycles. The van der Waals surface area contributed by atoms with Crippen molar-refractivity contribution in [1.29, 1.82) is 0 Å². The first-order valence-corrected chi connectivity index (χ1v) is 8.71. The Balaban J connectivity index is 1.96. The molecule has 0 spiro atoms. The van der Waals surface area contributed by atoms with Crippen LogP contribution in [0, 0.1) is 12.4 Å². The first kappa shape index (κ1) is 19.5. The summed E-state index contributed by atoms with van der Waals surface area (Å²) in [6.45, 7) is 8.87. The number of H-pyrrole nitrogens is 1. The standard InChI is InChI=1S/C19H16ClFN4O3/c1-4-11-5-6-15(27-10-16-23-24-19(26)25(16)3)18(17(11)21)28-14-8-12(20)7-13(9-14)22-2/h5-9H,4,10H2,1,3H3,(H,24,26). The first-order chi connectivity index (χ1) is 13.4. The van der Waals surface area contributed by atoms with Gasteiger partial charge in [0.1, 0.15) is 12.4 Å². The Kier molecular flexibility index (Phi) is 5.66. The molecule has 9 heteroatoms. The Hall–Kier alpha value is -3.31. The molecule has 3 rings (SSSR count). The largest absolute Gasteiger partial charge is 0.482 e. The molecule has 7 nitrogen and oxygen atoms in total. The van der Waals surface area contributed by atoms with Crippen molar-refractivity contribution >= 4 is 17.3 Å². The van der Waals surface area contributed by atoms with Gasteiger partial charge < -0.3 is 9.47 Å². The van der Waals surface area contributed by atoms with E-state index in [2.05, 4.69) is 15.0 Å². The van der Waals surface area contributed by atoms with Crippen LogP contribution in [-0.2, 0) is 20.1 Å². The maximum atomic E-state index is 14.9. The van der Waals surface area contributed by atoms with E-state index in [4.69, 9.17) is 27.6 Å². The fourth-order valence-corrected chi connectivity index (χ4v) is 2.72. The minimum absolute atomic E-state index is 0.0701. The number of aromatic amines is 1. The average molecular weight is 403 g/mol. The van der Waals surface area contributed by atoms with Crippen molar-refractivity contribution in [1.82, 2.24) is 14.8 Å². The van der Waals surface area contributed by atoms with Crippen molar-refractivity contribution in [2.24, 2.45) is 7.05 Å². The van der Waals surface area contributed by atoms with Crippen LogP contribution in [0.1, 0.15) is 18.3 Å². The predicted molar refractivity (Wildman–Crippen MR) is 102 cm³/mol. The van der Waals surface area contributed by atoms with E-state index in [1.165, 1.54) is 22.8 Å². The second-order valence-electron chi connectivity index (χ2n) is 5.87. The van der Waals surface area contributed by atoms with E-state index in [1.807, 2.05) is 6.92 Å². The molecule has 0 saturated heterocycles. The summed E-state index contributed by atoms with van der Waals surface area (Å²) in [5.41, 5.74) is 0.332. The van der Waals surface area contributed by atoms with Crippen molar-refractivity contribution in [3.8, 4) is 17.2 Å². The van der Waals surface area contributed by atoms with E-state index in [0.717, 1.165) is 0 Å². The summed E-state index contributed by atoms with van der Waals surface area (Å²) < 4.78 is 27.6. The highest BCUT2D eigenvalue weighted by molar-refractivity contribution is 6.31. The molecule has 2 aromatic carbocycles. The van der Waals surface area contributed by atoms with Gasteiger partial charge >= 0.3 is 5.69 Å². The van der Waals surface area contributed by atoms with Gasteiger partial charge in [-0.15, -0.1) is 0 Å². The third kappa shape index (κ3) is 4.00. The zero-order valence-corrected chi connectivity index (χ0v) is 15.9. The lowest BCUT2D eigenvalue weighted by Crippen LogP contribution is -2.15. The number of aromatic nitrogens is 3. The number of aryl methyl sites for hydroxylation is 1. The van der Waals surface area contributed by atoms with E-state index in [0.29, 0.717) is 22.8 Å². The molecule has 0 fully saturated rings. The van der Waals surface area contributed by atoms with Crippen LogP contribution in [0.25, 0.3) is 4.85 Å². The van der Waals surface area contributed by atoms with E-state index < -0.39 is 5.82 Å². The Morgan fingerprint density at radius 3 is 2.79 bits per heavy atom. The second-order valence-corrected chi connectivity index (χ2v) is 6.31. The van der Waals surface area contributed by atoms with E-state index in [1.54, 1.807) is 19.2 Å². The summed E-state index contributed by atoms with van der Waals surface area (Å²) in [6, 6.07) is 7.61. The van der Waals surface area contributed by atoms with Gasteiger partial charge in [-0.2, -0.15) is 5.10 Å². The van der Waals surface area contributed by atoms with Crippen molar-refractivity contribution in [3.63, 3.8) is 0 Å². The predicted octanol–water partition coefficient (Wildman–Crippen LogP) is 4.39. The SMILES string of the molecule is [C-]#[N+]c1cc(Cl)cc(Oc2c(OCc3n[nH]c(=O)n3C)ccc(CC)c2F)c1. The Morgan fingerprint density at radius 2 is 2.14 bits per heavy atom. The molecule has 0 amide bonds. The molecule has 0 saturated carbocycles. The minimum atomic E-state index is -0.569. The van der Waals surface area contributed by atoms with Gasteiger partial charge in [0.25, 0.3) is 0 Å². The van der Waals surface area contributed by atoms with Gasteiger partial charge in [-0.1, -0.05) is 24.6 Å². The van der Waals surface area contributed by atoms with Crippen LogP contribution in [-0.4, -0.2) is 14.8 Å². The van der Waals surface area contributed by atoms with Gasteiger partial charge in [-0.3, -0.25) is 4.57 Å². The second kappa shape index (κ2) is 8.15. The zero-order valence-electron chi connectivity index (χ0n) is 15.1. The summed E-state index contributed by atoms with van der Waals surface area (Å²) in [5.74, 6) is -0.00975. The molecule has 3 aromatic rings. The summed E-state index contributed by atoms with van der Waals surface area (Å²) in [5, 5.41) is 6.45. The molecule has 28 heavy (non-hydrogen) atoms. The van der Waals surface area contributed by atoms with Crippen molar-refractivity contribution in [2.75, 3.05) is 0 Å². The highest BCUT2D eigenvalue weighted by atomic mass is 35.5. The molecular formula is C19H16ClFN4O3. The number of nitrogens with one attached hydrogen (secondary N) is 1. The van der Waals surface area contributed by atoms with Crippen LogP contribution in [0.4, 0.5) is 10.1 Å². The van der Waals surface area contributed by atoms with Crippen molar-refractivity contribution in [2.45, 2.75) is 20.0 Å². The molecule has 0 unspecified atom stereocenters. The number of halogens is 2. The van der Waals surface area contributed by atoms with Gasteiger partial charge in [0.15, 0.2) is 23.1 Å². The normalized spacial score (nSPS) is 10.5. The molecule has 0 bridgehead atoms. The maximum Gasteiger partial charge on any atom is 0.343 e. The van der Waals surface area contributed by atoms with E-state index >= 15 is 0 Å². The fourth-order valence-electron chi connectivity index (χ4n) is 2.50. The number of hydrogen-bond acceptors (Lipinski definition) is 4. The van der Waals surface area contributed by atoms with Crippen LogP contribution in [0.2, 0.25) is 5.02 Å². The first-order valence-electron chi connectivity index (χ1n) is 8.33. The molecule has 144 valence electrons.